The lowest BCUT2D eigenvalue weighted by Gasteiger charge is -2.28. The SMILES string of the molecule is CN1CCN(C)CC1.[N-]=[N+]=NC(=O)c1ccc(/C=C/C(=O)/C=C/C=O)cc1C(=O)N=[N+]=[N-]. The van der Waals surface area contributed by atoms with Crippen molar-refractivity contribution in [1.29, 1.82) is 0 Å². The Hall–Kier alpha value is -4.08. The highest BCUT2D eigenvalue weighted by atomic mass is 16.2. The molecule has 0 saturated carbocycles. The van der Waals surface area contributed by atoms with Crippen LogP contribution >= 0.6 is 0 Å². The maximum Gasteiger partial charge on any atom is 0.249 e. The van der Waals surface area contributed by atoms with E-state index < -0.39 is 17.6 Å². The molecule has 2 rings (SSSR count). The molecule has 0 atom stereocenters. The largest absolute Gasteiger partial charge is 0.304 e. The van der Waals surface area contributed by atoms with E-state index in [1.54, 1.807) is 0 Å². The van der Waals surface area contributed by atoms with Crippen LogP contribution in [0.4, 0.5) is 0 Å². The third kappa shape index (κ3) is 9.16. The van der Waals surface area contributed by atoms with Crippen LogP contribution in [-0.4, -0.2) is 74.0 Å². The van der Waals surface area contributed by atoms with Gasteiger partial charge in [-0.1, -0.05) is 12.1 Å². The molecule has 1 saturated heterocycles. The summed E-state index contributed by atoms with van der Waals surface area (Å²) in [5, 5.41) is 5.76. The number of azide groups is 2. The molecule has 1 fully saturated rings. The Kier molecular flexibility index (Phi) is 11.4. The third-order valence-corrected chi connectivity index (χ3v) is 4.28. The lowest BCUT2D eigenvalue weighted by atomic mass is 10.0. The number of hydrogen-bond acceptors (Lipinski definition) is 6. The summed E-state index contributed by atoms with van der Waals surface area (Å²) in [7, 11) is 4.35. The van der Waals surface area contributed by atoms with Crippen LogP contribution in [0.3, 0.4) is 0 Å². The molecule has 1 aliphatic rings. The van der Waals surface area contributed by atoms with E-state index in [0.29, 0.717) is 11.8 Å². The van der Waals surface area contributed by atoms with Crippen molar-refractivity contribution in [2.24, 2.45) is 10.2 Å². The standard InChI is InChI=1S/C14H8N6O4.C6H14N2/c15-19-17-13(23)11-6-4-9(3-5-10(22)2-1-7-21)8-12(11)14(24)18-20-16;1-7-3-5-8(2)6-4-7/h1-8H;3-6H2,1-2H3/b2-1+,5-3+;. The van der Waals surface area contributed by atoms with Crippen LogP contribution in [0.25, 0.3) is 27.0 Å². The highest BCUT2D eigenvalue weighted by Gasteiger charge is 2.15. The van der Waals surface area contributed by atoms with Gasteiger partial charge in [0.1, 0.15) is 6.29 Å². The van der Waals surface area contributed by atoms with E-state index in [-0.39, 0.29) is 11.1 Å². The van der Waals surface area contributed by atoms with E-state index in [1.165, 1.54) is 50.5 Å². The summed E-state index contributed by atoms with van der Waals surface area (Å²) in [5.41, 5.74) is 16.5. The second-order valence-electron chi connectivity index (χ2n) is 6.63. The van der Waals surface area contributed by atoms with E-state index in [0.717, 1.165) is 18.2 Å². The fourth-order valence-electron chi connectivity index (χ4n) is 2.49. The number of carbonyl (C=O) groups is 4. The minimum absolute atomic E-state index is 0.241. The van der Waals surface area contributed by atoms with E-state index in [9.17, 15) is 19.2 Å². The number of piperazine rings is 1. The molecule has 1 heterocycles. The van der Waals surface area contributed by atoms with Gasteiger partial charge in [0, 0.05) is 47.1 Å². The Bertz CT molecular complexity index is 1000. The zero-order valence-corrected chi connectivity index (χ0v) is 17.7. The Morgan fingerprint density at radius 2 is 1.44 bits per heavy atom. The van der Waals surface area contributed by atoms with Crippen molar-refractivity contribution in [3.63, 3.8) is 0 Å². The number of ketones is 1. The number of carbonyl (C=O) groups excluding carboxylic acids is 4. The summed E-state index contributed by atoms with van der Waals surface area (Å²) >= 11 is 0. The van der Waals surface area contributed by atoms with Gasteiger partial charge >= 0.3 is 0 Å². The number of aldehydes is 1. The molecule has 0 aromatic heterocycles. The molecule has 0 N–H and O–H groups in total. The molecule has 0 radical (unpaired) electrons. The number of hydrogen-bond donors (Lipinski definition) is 0. The summed E-state index contributed by atoms with van der Waals surface area (Å²) in [6.45, 7) is 4.93. The van der Waals surface area contributed by atoms with Crippen LogP contribution in [0.15, 0.2) is 46.7 Å². The van der Waals surface area contributed by atoms with Crippen LogP contribution in [0, 0.1) is 0 Å². The lowest BCUT2D eigenvalue weighted by molar-refractivity contribution is -0.110. The van der Waals surface area contributed by atoms with Crippen molar-refractivity contribution >= 4 is 30.0 Å². The topological polar surface area (TPSA) is 172 Å². The van der Waals surface area contributed by atoms with Crippen LogP contribution in [0.1, 0.15) is 26.3 Å². The second-order valence-corrected chi connectivity index (χ2v) is 6.63. The van der Waals surface area contributed by atoms with Gasteiger partial charge in [-0.15, -0.1) is 0 Å². The smallest absolute Gasteiger partial charge is 0.249 e. The highest BCUT2D eigenvalue weighted by Crippen LogP contribution is 2.16. The highest BCUT2D eigenvalue weighted by molar-refractivity contribution is 6.08. The van der Waals surface area contributed by atoms with Crippen LogP contribution < -0.4 is 0 Å². The predicted molar refractivity (Wildman–Crippen MR) is 118 cm³/mol. The fraction of sp³-hybridized carbons (Fsp3) is 0.300. The molecule has 2 amide bonds. The van der Waals surface area contributed by atoms with E-state index in [2.05, 4.69) is 43.9 Å². The minimum atomic E-state index is -1.04. The minimum Gasteiger partial charge on any atom is -0.304 e. The van der Waals surface area contributed by atoms with Crippen molar-refractivity contribution in [3.05, 3.63) is 74.0 Å². The van der Waals surface area contributed by atoms with Gasteiger partial charge < -0.3 is 9.80 Å². The van der Waals surface area contributed by atoms with Crippen LogP contribution in [0.5, 0.6) is 0 Å². The second kappa shape index (κ2) is 14.0. The van der Waals surface area contributed by atoms with Crippen molar-refractivity contribution in [1.82, 2.24) is 9.80 Å². The van der Waals surface area contributed by atoms with Crippen molar-refractivity contribution in [2.75, 3.05) is 40.3 Å². The Balaban J connectivity index is 0.000000533. The summed E-state index contributed by atoms with van der Waals surface area (Å²) in [5.74, 6) is -2.54. The van der Waals surface area contributed by atoms with Gasteiger partial charge in [0.25, 0.3) is 0 Å². The number of nitrogens with zero attached hydrogens (tertiary/aromatic N) is 8. The normalized spacial score (nSPS) is 14.1. The molecule has 0 unspecified atom stereocenters. The Morgan fingerprint density at radius 3 is 1.94 bits per heavy atom. The van der Waals surface area contributed by atoms with Crippen LogP contribution in [0.2, 0.25) is 0 Å². The molecular formula is C20H22N8O4. The number of amides is 2. The summed E-state index contributed by atoms with van der Waals surface area (Å²) in [6, 6.07) is 3.78. The average molecular weight is 438 g/mol. The Labute approximate surface area is 184 Å². The fourth-order valence-corrected chi connectivity index (χ4v) is 2.49. The van der Waals surface area contributed by atoms with Gasteiger partial charge in [-0.25, -0.2) is 0 Å². The molecular weight excluding hydrogens is 416 g/mol. The van der Waals surface area contributed by atoms with E-state index in [4.69, 9.17) is 11.1 Å². The molecule has 1 aliphatic heterocycles. The Morgan fingerprint density at radius 1 is 0.906 bits per heavy atom. The van der Waals surface area contributed by atoms with Gasteiger partial charge in [-0.3, -0.25) is 19.2 Å². The number of likely N-dealkylation sites (N-methyl/N-ethyl adjacent to an activating group) is 2. The first-order chi connectivity index (χ1) is 15.3. The maximum absolute atomic E-state index is 11.8. The first kappa shape index (κ1) is 26.0. The molecule has 32 heavy (non-hydrogen) atoms. The van der Waals surface area contributed by atoms with Gasteiger partial charge in [0.15, 0.2) is 5.78 Å². The number of benzene rings is 1. The molecule has 0 aliphatic carbocycles. The molecule has 1 aromatic rings. The van der Waals surface area contributed by atoms with Gasteiger partial charge in [0.2, 0.25) is 11.8 Å². The molecule has 166 valence electrons. The first-order valence-corrected chi connectivity index (χ1v) is 9.36. The lowest BCUT2D eigenvalue weighted by Crippen LogP contribution is -2.42. The van der Waals surface area contributed by atoms with E-state index >= 15 is 0 Å². The monoisotopic (exact) mass is 438 g/mol. The van der Waals surface area contributed by atoms with Gasteiger partial charge in [0.05, 0.1) is 0 Å². The summed E-state index contributed by atoms with van der Waals surface area (Å²) in [6.07, 6.45) is 4.96. The number of rotatable bonds is 6. The number of allylic oxidation sites excluding steroid dienone is 3. The molecule has 12 nitrogen and oxygen atoms in total. The van der Waals surface area contributed by atoms with Gasteiger partial charge in [-0.2, -0.15) is 0 Å². The molecule has 12 heteroatoms. The summed E-state index contributed by atoms with van der Waals surface area (Å²) < 4.78 is 0. The predicted octanol–water partition coefficient (Wildman–Crippen LogP) is 2.79. The average Bonchev–Trinajstić information content (AvgIpc) is 2.78. The third-order valence-electron chi connectivity index (χ3n) is 4.28. The zero-order valence-electron chi connectivity index (χ0n) is 17.7. The van der Waals surface area contributed by atoms with Crippen molar-refractivity contribution in [3.8, 4) is 0 Å². The van der Waals surface area contributed by atoms with Crippen LogP contribution in [-0.2, 0) is 9.59 Å². The maximum atomic E-state index is 11.8. The van der Waals surface area contributed by atoms with Crippen molar-refractivity contribution < 1.29 is 19.2 Å². The molecule has 1 aromatic carbocycles. The zero-order chi connectivity index (χ0) is 23.9. The van der Waals surface area contributed by atoms with E-state index in [1.807, 2.05) is 0 Å². The molecule has 0 bridgehead atoms. The summed E-state index contributed by atoms with van der Waals surface area (Å²) in [4.78, 5) is 54.3. The first-order valence-electron chi connectivity index (χ1n) is 9.36. The quantitative estimate of drug-likeness (QED) is 0.217. The van der Waals surface area contributed by atoms with Crippen molar-refractivity contribution in [2.45, 2.75) is 0 Å². The van der Waals surface area contributed by atoms with Gasteiger partial charge in [-0.05, 0) is 71.3 Å². The molecule has 0 spiro atoms.